The lowest BCUT2D eigenvalue weighted by atomic mass is 9.83. The second kappa shape index (κ2) is 5.13. The number of hydrogen-bond acceptors (Lipinski definition) is 2. The Kier molecular flexibility index (Phi) is 4.37. The summed E-state index contributed by atoms with van der Waals surface area (Å²) in [5, 5.41) is 19.3. The predicted octanol–water partition coefficient (Wildman–Crippen LogP) is 3.84. The molecular formula is C14H16F6O2. The van der Waals surface area contributed by atoms with E-state index in [0.29, 0.717) is 13.8 Å². The molecule has 0 radical (unpaired) electrons. The summed E-state index contributed by atoms with van der Waals surface area (Å²) in [6.07, 6.45) is -9.98. The van der Waals surface area contributed by atoms with Crippen LogP contribution in [-0.4, -0.2) is 22.6 Å². The van der Waals surface area contributed by atoms with Crippen LogP contribution in [0.4, 0.5) is 26.3 Å². The van der Waals surface area contributed by atoms with Crippen molar-refractivity contribution >= 4 is 0 Å². The van der Waals surface area contributed by atoms with E-state index in [1.165, 1.54) is 13.8 Å². The third-order valence-electron chi connectivity index (χ3n) is 3.94. The largest absolute Gasteiger partial charge is 0.421 e. The average Bonchev–Trinajstić information content (AvgIpc) is 2.28. The van der Waals surface area contributed by atoms with E-state index in [1.54, 1.807) is 0 Å². The maximum atomic E-state index is 12.9. The maximum absolute atomic E-state index is 12.9. The van der Waals surface area contributed by atoms with Crippen LogP contribution in [0.5, 0.6) is 0 Å². The zero-order valence-electron chi connectivity index (χ0n) is 12.3. The van der Waals surface area contributed by atoms with E-state index in [9.17, 15) is 36.6 Å². The lowest BCUT2D eigenvalue weighted by molar-refractivity contribution is -0.260. The van der Waals surface area contributed by atoms with Crippen molar-refractivity contribution in [1.29, 1.82) is 0 Å². The predicted molar refractivity (Wildman–Crippen MR) is 67.2 cm³/mol. The highest BCUT2D eigenvalue weighted by molar-refractivity contribution is 5.45. The minimum Gasteiger partial charge on any atom is -0.376 e. The Morgan fingerprint density at radius 1 is 0.682 bits per heavy atom. The Balaban J connectivity index is 3.56. The van der Waals surface area contributed by atoms with E-state index >= 15 is 0 Å². The van der Waals surface area contributed by atoms with Crippen molar-refractivity contribution in [3.63, 3.8) is 0 Å². The zero-order valence-corrected chi connectivity index (χ0v) is 12.3. The van der Waals surface area contributed by atoms with Gasteiger partial charge in [0.2, 0.25) is 0 Å². The summed E-state index contributed by atoms with van der Waals surface area (Å²) in [7, 11) is 0. The molecule has 0 saturated carbocycles. The van der Waals surface area contributed by atoms with Gasteiger partial charge in [-0.25, -0.2) is 0 Å². The molecule has 8 heteroatoms. The summed E-state index contributed by atoms with van der Waals surface area (Å²) >= 11 is 0. The van der Waals surface area contributed by atoms with Gasteiger partial charge in [-0.3, -0.25) is 0 Å². The van der Waals surface area contributed by atoms with Crippen LogP contribution in [0.25, 0.3) is 0 Å². The topological polar surface area (TPSA) is 40.5 Å². The van der Waals surface area contributed by atoms with Crippen LogP contribution in [0.1, 0.15) is 36.1 Å². The highest BCUT2D eigenvalue weighted by atomic mass is 19.4. The SMILES string of the molecule is Cc1c(C(C)(O)C(F)(F)F)ccc(C(C)(O)C(F)(F)F)c1C. The van der Waals surface area contributed by atoms with E-state index < -0.39 is 34.7 Å². The highest BCUT2D eigenvalue weighted by Crippen LogP contribution is 2.44. The molecule has 0 aromatic heterocycles. The van der Waals surface area contributed by atoms with Gasteiger partial charge in [0, 0.05) is 0 Å². The Labute approximate surface area is 123 Å². The molecule has 0 amide bonds. The number of halogens is 6. The second-order valence-corrected chi connectivity index (χ2v) is 5.55. The third-order valence-corrected chi connectivity index (χ3v) is 3.94. The van der Waals surface area contributed by atoms with Gasteiger partial charge in [-0.1, -0.05) is 12.1 Å². The molecule has 126 valence electrons. The number of alkyl halides is 6. The standard InChI is InChI=1S/C14H16F6O2/c1-7-8(2)10(12(4,22)14(18,19)20)6-5-9(7)11(3,21)13(15,16)17/h5-6,21-22H,1-4H3. The van der Waals surface area contributed by atoms with Crippen molar-refractivity contribution in [2.45, 2.75) is 51.2 Å². The smallest absolute Gasteiger partial charge is 0.376 e. The number of aliphatic hydroxyl groups is 2. The lowest BCUT2D eigenvalue weighted by Gasteiger charge is -2.32. The first-order valence-corrected chi connectivity index (χ1v) is 6.24. The first-order chi connectivity index (χ1) is 9.55. The highest BCUT2D eigenvalue weighted by Gasteiger charge is 2.54. The molecule has 0 bridgehead atoms. The van der Waals surface area contributed by atoms with Crippen molar-refractivity contribution in [2.24, 2.45) is 0 Å². The van der Waals surface area contributed by atoms with Gasteiger partial charge in [0.1, 0.15) is 0 Å². The van der Waals surface area contributed by atoms with Crippen LogP contribution in [0.2, 0.25) is 0 Å². The van der Waals surface area contributed by atoms with Crippen LogP contribution in [0, 0.1) is 13.8 Å². The first-order valence-electron chi connectivity index (χ1n) is 6.24. The van der Waals surface area contributed by atoms with Crippen molar-refractivity contribution in [3.8, 4) is 0 Å². The van der Waals surface area contributed by atoms with Crippen molar-refractivity contribution in [2.75, 3.05) is 0 Å². The molecule has 0 heterocycles. The molecule has 0 aliphatic carbocycles. The Morgan fingerprint density at radius 2 is 0.909 bits per heavy atom. The normalized spacial score (nSPS) is 18.7. The summed E-state index contributed by atoms with van der Waals surface area (Å²) < 4.78 is 77.3. The summed E-state index contributed by atoms with van der Waals surface area (Å²) in [5.74, 6) is 0. The van der Waals surface area contributed by atoms with Crippen LogP contribution in [0.15, 0.2) is 12.1 Å². The fourth-order valence-electron chi connectivity index (χ4n) is 2.18. The molecule has 2 N–H and O–H groups in total. The summed E-state index contributed by atoms with van der Waals surface area (Å²) in [6.45, 7) is 3.38. The van der Waals surface area contributed by atoms with Gasteiger partial charge in [-0.05, 0) is 49.9 Å². The molecule has 0 aliphatic rings. The molecule has 0 aliphatic heterocycles. The fraction of sp³-hybridized carbons (Fsp3) is 0.571. The molecule has 1 aromatic carbocycles. The lowest BCUT2D eigenvalue weighted by Crippen LogP contribution is -2.42. The summed E-state index contributed by atoms with van der Waals surface area (Å²) in [5.41, 5.74) is -7.85. The molecule has 2 nitrogen and oxygen atoms in total. The van der Waals surface area contributed by atoms with Gasteiger partial charge in [-0.15, -0.1) is 0 Å². The minimum atomic E-state index is -4.99. The van der Waals surface area contributed by atoms with Gasteiger partial charge in [0.05, 0.1) is 0 Å². The molecule has 2 unspecified atom stereocenters. The quantitative estimate of drug-likeness (QED) is 0.809. The van der Waals surface area contributed by atoms with Crippen LogP contribution in [-0.2, 0) is 11.2 Å². The van der Waals surface area contributed by atoms with E-state index in [0.717, 1.165) is 12.1 Å². The fourth-order valence-corrected chi connectivity index (χ4v) is 2.18. The Hall–Kier alpha value is -1.28. The van der Waals surface area contributed by atoms with Gasteiger partial charge in [0.25, 0.3) is 0 Å². The molecule has 1 aromatic rings. The monoisotopic (exact) mass is 330 g/mol. The van der Waals surface area contributed by atoms with Gasteiger partial charge in [0.15, 0.2) is 11.2 Å². The van der Waals surface area contributed by atoms with Crippen LogP contribution in [0.3, 0.4) is 0 Å². The molecule has 2 atom stereocenters. The molecule has 0 fully saturated rings. The van der Waals surface area contributed by atoms with Gasteiger partial charge >= 0.3 is 12.4 Å². The van der Waals surface area contributed by atoms with Crippen LogP contribution < -0.4 is 0 Å². The van der Waals surface area contributed by atoms with Gasteiger partial charge in [-0.2, -0.15) is 26.3 Å². The van der Waals surface area contributed by atoms with E-state index in [1.807, 2.05) is 0 Å². The van der Waals surface area contributed by atoms with E-state index in [-0.39, 0.29) is 11.1 Å². The Bertz CT molecular complexity index is 519. The summed E-state index contributed by atoms with van der Waals surface area (Å²) in [4.78, 5) is 0. The first kappa shape index (κ1) is 18.8. The molecule has 0 spiro atoms. The van der Waals surface area contributed by atoms with Crippen molar-refractivity contribution in [1.82, 2.24) is 0 Å². The van der Waals surface area contributed by atoms with Gasteiger partial charge < -0.3 is 10.2 Å². The third kappa shape index (κ3) is 2.81. The molecule has 1 rings (SSSR count). The van der Waals surface area contributed by atoms with Crippen LogP contribution >= 0.6 is 0 Å². The van der Waals surface area contributed by atoms with E-state index in [4.69, 9.17) is 0 Å². The van der Waals surface area contributed by atoms with E-state index in [2.05, 4.69) is 0 Å². The maximum Gasteiger partial charge on any atom is 0.421 e. The second-order valence-electron chi connectivity index (χ2n) is 5.55. The number of benzene rings is 1. The van der Waals surface area contributed by atoms with Crippen molar-refractivity contribution in [3.05, 3.63) is 34.4 Å². The molecule has 22 heavy (non-hydrogen) atoms. The zero-order chi connectivity index (χ0) is 17.7. The van der Waals surface area contributed by atoms with Crippen molar-refractivity contribution < 1.29 is 36.6 Å². The number of hydrogen-bond donors (Lipinski definition) is 2. The molecular weight excluding hydrogens is 314 g/mol. The molecule has 0 saturated heterocycles. The minimum absolute atomic E-state index is 0.163. The Morgan fingerprint density at radius 3 is 1.09 bits per heavy atom. The summed E-state index contributed by atoms with van der Waals surface area (Å²) in [6, 6.07) is 1.51. The average molecular weight is 330 g/mol. The number of rotatable bonds is 2.